The third kappa shape index (κ3) is 3.29. The Kier molecular flexibility index (Phi) is 4.47. The van der Waals surface area contributed by atoms with Gasteiger partial charge in [-0.15, -0.1) is 0 Å². The zero-order chi connectivity index (χ0) is 20.5. The number of aromatic amines is 1. The van der Waals surface area contributed by atoms with Crippen molar-refractivity contribution in [2.75, 3.05) is 5.01 Å². The van der Waals surface area contributed by atoms with Gasteiger partial charge in [-0.2, -0.15) is 10.1 Å². The molecule has 0 saturated heterocycles. The molecule has 1 aliphatic rings. The van der Waals surface area contributed by atoms with Crippen molar-refractivity contribution in [2.24, 2.45) is 5.10 Å². The normalized spacial score (nSPS) is 15.2. The second-order valence-electron chi connectivity index (χ2n) is 6.36. The third-order valence-corrected chi connectivity index (χ3v) is 4.45. The minimum Gasteiger partial charge on any atom is -0.494 e. The number of aromatic hydroxyl groups is 1. The van der Waals surface area contributed by atoms with Gasteiger partial charge in [0.15, 0.2) is 0 Å². The number of H-pyrrole nitrogens is 1. The van der Waals surface area contributed by atoms with Crippen LogP contribution < -0.4 is 16.3 Å². The van der Waals surface area contributed by atoms with Crippen molar-refractivity contribution in [1.82, 2.24) is 9.55 Å². The average Bonchev–Trinajstić information content (AvgIpc) is 3.31. The molecule has 9 nitrogen and oxygen atoms in total. The number of hydrogen-bond acceptors (Lipinski definition) is 6. The molecular formula is C20H16N4O5. The van der Waals surface area contributed by atoms with Crippen LogP contribution >= 0.6 is 0 Å². The number of furan rings is 1. The number of aromatic nitrogens is 2. The number of amides is 1. The van der Waals surface area contributed by atoms with E-state index in [4.69, 9.17) is 4.42 Å². The molecule has 2 N–H and O–H groups in total. The van der Waals surface area contributed by atoms with Crippen molar-refractivity contribution < 1.29 is 14.3 Å². The van der Waals surface area contributed by atoms with Gasteiger partial charge in [0, 0.05) is 0 Å². The number of benzene rings is 1. The molecule has 0 bridgehead atoms. The fourth-order valence-corrected chi connectivity index (χ4v) is 2.98. The first-order valence-corrected chi connectivity index (χ1v) is 8.71. The van der Waals surface area contributed by atoms with Crippen molar-refractivity contribution in [3.8, 4) is 5.88 Å². The average molecular weight is 392 g/mol. The van der Waals surface area contributed by atoms with Crippen LogP contribution in [-0.4, -0.2) is 26.3 Å². The highest BCUT2D eigenvalue weighted by atomic mass is 16.3. The Balaban J connectivity index is 1.77. The predicted molar refractivity (Wildman–Crippen MR) is 106 cm³/mol. The molecule has 0 atom stereocenters. The maximum absolute atomic E-state index is 12.8. The number of nitrogens with one attached hydrogen (secondary N) is 1. The second kappa shape index (κ2) is 7.12. The van der Waals surface area contributed by atoms with Crippen molar-refractivity contribution in [3.63, 3.8) is 0 Å². The summed E-state index contributed by atoms with van der Waals surface area (Å²) in [7, 11) is 0. The van der Waals surface area contributed by atoms with E-state index in [1.54, 1.807) is 43.3 Å². The third-order valence-electron chi connectivity index (χ3n) is 4.45. The molecule has 0 saturated carbocycles. The minimum atomic E-state index is -0.811. The van der Waals surface area contributed by atoms with Crippen molar-refractivity contribution in [1.29, 1.82) is 0 Å². The van der Waals surface area contributed by atoms with Crippen LogP contribution in [0, 0.1) is 0 Å². The van der Waals surface area contributed by atoms with E-state index in [9.17, 15) is 19.5 Å². The van der Waals surface area contributed by atoms with Gasteiger partial charge in [-0.1, -0.05) is 18.2 Å². The SMILES string of the molecule is CC1=NN(c2ccccc2)C(=O)/C1=C/c1c(O)n(Cc2ccco2)c(=O)[nH]c1=O. The van der Waals surface area contributed by atoms with E-state index in [0.29, 0.717) is 17.2 Å². The monoisotopic (exact) mass is 392 g/mol. The molecule has 0 spiro atoms. The van der Waals surface area contributed by atoms with E-state index in [0.717, 1.165) is 4.57 Å². The number of anilines is 1. The minimum absolute atomic E-state index is 0.0816. The number of carbonyl (C=O) groups is 1. The van der Waals surface area contributed by atoms with Crippen molar-refractivity contribution >= 4 is 23.4 Å². The number of hydrazone groups is 1. The lowest BCUT2D eigenvalue weighted by atomic mass is 10.1. The lowest BCUT2D eigenvalue weighted by Gasteiger charge is -2.11. The van der Waals surface area contributed by atoms with Crippen LogP contribution in [0.15, 0.2) is 73.4 Å². The zero-order valence-electron chi connectivity index (χ0n) is 15.3. The number of nitrogens with zero attached hydrogens (tertiary/aromatic N) is 3. The van der Waals surface area contributed by atoms with Gasteiger partial charge >= 0.3 is 5.69 Å². The molecule has 2 aromatic heterocycles. The lowest BCUT2D eigenvalue weighted by Crippen LogP contribution is -2.32. The molecule has 29 heavy (non-hydrogen) atoms. The summed E-state index contributed by atoms with van der Waals surface area (Å²) in [5.41, 5.74) is -0.737. The van der Waals surface area contributed by atoms with Crippen LogP contribution in [0.1, 0.15) is 18.2 Å². The summed E-state index contributed by atoms with van der Waals surface area (Å²) in [6.45, 7) is 1.54. The highest BCUT2D eigenvalue weighted by Crippen LogP contribution is 2.25. The molecule has 3 heterocycles. The first-order chi connectivity index (χ1) is 14.0. The van der Waals surface area contributed by atoms with Crippen LogP contribution in [0.3, 0.4) is 0 Å². The van der Waals surface area contributed by atoms with E-state index >= 15 is 0 Å². The number of hydrogen-bond donors (Lipinski definition) is 2. The zero-order valence-corrected chi connectivity index (χ0v) is 15.3. The fourth-order valence-electron chi connectivity index (χ4n) is 2.98. The van der Waals surface area contributed by atoms with Crippen LogP contribution in [0.25, 0.3) is 6.08 Å². The number of para-hydroxylation sites is 1. The Bertz CT molecular complexity index is 1250. The van der Waals surface area contributed by atoms with Crippen molar-refractivity contribution in [3.05, 3.63) is 86.5 Å². The molecular weight excluding hydrogens is 376 g/mol. The predicted octanol–water partition coefficient (Wildman–Crippen LogP) is 1.69. The summed E-state index contributed by atoms with van der Waals surface area (Å²) in [4.78, 5) is 39.4. The molecule has 146 valence electrons. The molecule has 4 rings (SSSR count). The highest BCUT2D eigenvalue weighted by molar-refractivity contribution is 6.32. The standard InChI is InChI=1S/C20H16N4O5/c1-12-15(19(27)24(22-12)13-6-3-2-4-7-13)10-16-17(25)21-20(28)23(18(16)26)11-14-8-5-9-29-14/h2-10,26H,11H2,1H3,(H,21,25,28)/b15-10+. The van der Waals surface area contributed by atoms with Gasteiger partial charge in [-0.25, -0.2) is 4.79 Å². The largest absolute Gasteiger partial charge is 0.494 e. The summed E-state index contributed by atoms with van der Waals surface area (Å²) < 4.78 is 6.14. The Morgan fingerprint density at radius 2 is 1.90 bits per heavy atom. The van der Waals surface area contributed by atoms with E-state index in [2.05, 4.69) is 10.1 Å². The van der Waals surface area contributed by atoms with E-state index < -0.39 is 23.0 Å². The molecule has 9 heteroatoms. The van der Waals surface area contributed by atoms with Crippen LogP contribution in [0.2, 0.25) is 0 Å². The first kappa shape index (κ1) is 18.2. The smallest absolute Gasteiger partial charge is 0.331 e. The van der Waals surface area contributed by atoms with Crippen LogP contribution in [0.5, 0.6) is 5.88 Å². The maximum Gasteiger partial charge on any atom is 0.331 e. The van der Waals surface area contributed by atoms with Gasteiger partial charge in [-0.05, 0) is 37.3 Å². The van der Waals surface area contributed by atoms with Crippen LogP contribution in [-0.2, 0) is 11.3 Å². The lowest BCUT2D eigenvalue weighted by molar-refractivity contribution is -0.114. The van der Waals surface area contributed by atoms with E-state index in [-0.39, 0.29) is 17.7 Å². The summed E-state index contributed by atoms with van der Waals surface area (Å²) in [5, 5.41) is 16.0. The molecule has 0 unspecified atom stereocenters. The van der Waals surface area contributed by atoms with E-state index in [1.165, 1.54) is 17.3 Å². The summed E-state index contributed by atoms with van der Waals surface area (Å²) in [6.07, 6.45) is 2.66. The molecule has 1 aliphatic heterocycles. The second-order valence-corrected chi connectivity index (χ2v) is 6.36. The number of carbonyl (C=O) groups excluding carboxylic acids is 1. The van der Waals surface area contributed by atoms with E-state index in [1.807, 2.05) is 6.07 Å². The quantitative estimate of drug-likeness (QED) is 0.655. The van der Waals surface area contributed by atoms with Gasteiger partial charge < -0.3 is 9.52 Å². The molecule has 3 aromatic rings. The van der Waals surface area contributed by atoms with Gasteiger partial charge in [0.2, 0.25) is 5.88 Å². The fraction of sp³-hybridized carbons (Fsp3) is 0.100. The van der Waals surface area contributed by atoms with Gasteiger partial charge in [0.25, 0.3) is 11.5 Å². The molecule has 0 aliphatic carbocycles. The van der Waals surface area contributed by atoms with Gasteiger partial charge in [0.05, 0.1) is 29.8 Å². The summed E-state index contributed by atoms with van der Waals surface area (Å²) >= 11 is 0. The topological polar surface area (TPSA) is 121 Å². The Morgan fingerprint density at radius 1 is 1.14 bits per heavy atom. The van der Waals surface area contributed by atoms with Gasteiger partial charge in [-0.3, -0.25) is 19.1 Å². The molecule has 1 aromatic carbocycles. The van der Waals surface area contributed by atoms with Crippen LogP contribution in [0.4, 0.5) is 5.69 Å². The first-order valence-electron chi connectivity index (χ1n) is 8.71. The highest BCUT2D eigenvalue weighted by Gasteiger charge is 2.29. The number of rotatable bonds is 4. The molecule has 0 radical (unpaired) electrons. The Labute approximate surface area is 163 Å². The maximum atomic E-state index is 12.8. The van der Waals surface area contributed by atoms with Crippen molar-refractivity contribution in [2.45, 2.75) is 13.5 Å². The summed E-state index contributed by atoms with van der Waals surface area (Å²) in [5.74, 6) is -0.601. The Morgan fingerprint density at radius 3 is 2.59 bits per heavy atom. The molecule has 1 amide bonds. The molecule has 0 fully saturated rings. The van der Waals surface area contributed by atoms with Gasteiger partial charge in [0.1, 0.15) is 11.3 Å². The Hall–Kier alpha value is -4.14. The summed E-state index contributed by atoms with van der Waals surface area (Å²) in [6, 6.07) is 12.1.